The topological polar surface area (TPSA) is 89.7 Å². The van der Waals surface area contributed by atoms with Crippen LogP contribution in [0.1, 0.15) is 54.2 Å². The third-order valence-electron chi connectivity index (χ3n) is 6.54. The summed E-state index contributed by atoms with van der Waals surface area (Å²) in [4.78, 5) is 23.7. The van der Waals surface area contributed by atoms with Crippen LogP contribution in [0.2, 0.25) is 0 Å². The van der Waals surface area contributed by atoms with Crippen molar-refractivity contribution in [1.29, 1.82) is 0 Å². The fourth-order valence-corrected chi connectivity index (χ4v) is 4.75. The number of piperidine rings is 3. The van der Waals surface area contributed by atoms with Gasteiger partial charge in [-0.05, 0) is 62.4 Å². The minimum absolute atomic E-state index is 0.0617. The molecule has 0 saturated carbocycles. The fourth-order valence-electron chi connectivity index (χ4n) is 4.75. The minimum atomic E-state index is -0.0617. The maximum Gasteiger partial charge on any atom is 0.255 e. The molecule has 0 spiro atoms. The Morgan fingerprint density at radius 3 is 2.76 bits per heavy atom. The van der Waals surface area contributed by atoms with Crippen LogP contribution in [0.5, 0.6) is 0 Å². The second-order valence-corrected chi connectivity index (χ2v) is 8.81. The van der Waals surface area contributed by atoms with Gasteiger partial charge in [0.15, 0.2) is 5.82 Å². The number of nitrogens with zero attached hydrogens (tertiary/aromatic N) is 3. The van der Waals surface area contributed by atoms with Gasteiger partial charge in [0.25, 0.3) is 5.91 Å². The van der Waals surface area contributed by atoms with E-state index in [1.807, 2.05) is 13.0 Å². The van der Waals surface area contributed by atoms with Crippen LogP contribution in [0.3, 0.4) is 0 Å². The lowest BCUT2D eigenvalue weighted by atomic mass is 9.84. The molecule has 29 heavy (non-hydrogen) atoms. The van der Waals surface area contributed by atoms with Gasteiger partial charge in [-0.2, -0.15) is 5.10 Å². The monoisotopic (exact) mass is 392 g/mol. The number of benzene rings is 1. The highest BCUT2D eigenvalue weighted by atomic mass is 16.1. The van der Waals surface area contributed by atoms with E-state index in [-0.39, 0.29) is 11.9 Å². The molecule has 6 rings (SSSR count). The van der Waals surface area contributed by atoms with Crippen molar-refractivity contribution in [3.05, 3.63) is 35.0 Å². The number of imidazole rings is 1. The molecule has 3 aliphatic heterocycles. The number of carbonyl (C=O) groups is 1. The molecule has 3 aliphatic rings. The maximum absolute atomic E-state index is 13.2. The molecule has 0 radical (unpaired) electrons. The van der Waals surface area contributed by atoms with E-state index in [0.717, 1.165) is 36.4 Å². The molecule has 7 nitrogen and oxygen atoms in total. The van der Waals surface area contributed by atoms with E-state index in [0.29, 0.717) is 28.9 Å². The summed E-state index contributed by atoms with van der Waals surface area (Å²) < 4.78 is 0. The van der Waals surface area contributed by atoms with Gasteiger partial charge in [-0.3, -0.25) is 9.89 Å². The second-order valence-electron chi connectivity index (χ2n) is 8.81. The van der Waals surface area contributed by atoms with Crippen molar-refractivity contribution >= 4 is 16.9 Å². The van der Waals surface area contributed by atoms with Crippen LogP contribution in [0.25, 0.3) is 22.6 Å². The zero-order chi connectivity index (χ0) is 20.1. The van der Waals surface area contributed by atoms with E-state index in [4.69, 9.17) is 4.98 Å². The van der Waals surface area contributed by atoms with Gasteiger partial charge < -0.3 is 15.2 Å². The molecular formula is C22H28N6O. The Kier molecular flexibility index (Phi) is 4.42. The molecule has 2 aromatic heterocycles. The number of hydrogen-bond acceptors (Lipinski definition) is 4. The zero-order valence-electron chi connectivity index (χ0n) is 17.2. The molecular weight excluding hydrogens is 364 g/mol. The van der Waals surface area contributed by atoms with Gasteiger partial charge in [0.05, 0.1) is 16.6 Å². The third kappa shape index (κ3) is 3.23. The van der Waals surface area contributed by atoms with Crippen molar-refractivity contribution in [2.24, 2.45) is 5.92 Å². The minimum Gasteiger partial charge on any atom is -0.348 e. The summed E-state index contributed by atoms with van der Waals surface area (Å²) >= 11 is 0. The number of aryl methyl sites for hydroxylation is 1. The van der Waals surface area contributed by atoms with Crippen molar-refractivity contribution in [2.75, 3.05) is 19.6 Å². The lowest BCUT2D eigenvalue weighted by molar-refractivity contribution is 0.0620. The van der Waals surface area contributed by atoms with Crippen LogP contribution >= 0.6 is 0 Å². The number of hydrogen-bond donors (Lipinski definition) is 3. The van der Waals surface area contributed by atoms with E-state index in [1.165, 1.54) is 18.4 Å². The lowest BCUT2D eigenvalue weighted by Crippen LogP contribution is -2.57. The first-order valence-electron chi connectivity index (χ1n) is 10.6. The summed E-state index contributed by atoms with van der Waals surface area (Å²) in [6.07, 6.45) is 2.34. The first-order valence-corrected chi connectivity index (χ1v) is 10.6. The lowest BCUT2D eigenvalue weighted by Gasteiger charge is -2.44. The van der Waals surface area contributed by atoms with Gasteiger partial charge in [-0.15, -0.1) is 0 Å². The Morgan fingerprint density at radius 1 is 1.28 bits per heavy atom. The molecule has 1 aromatic carbocycles. The molecule has 7 heteroatoms. The molecule has 0 aliphatic carbocycles. The van der Waals surface area contributed by atoms with Gasteiger partial charge in [0, 0.05) is 18.3 Å². The number of carbonyl (C=O) groups excluding carboxylic acids is 1. The molecule has 152 valence electrons. The molecule has 3 aromatic rings. The number of aromatic nitrogens is 4. The quantitative estimate of drug-likeness (QED) is 0.636. The normalized spacial score (nSPS) is 23.8. The molecule has 2 bridgehead atoms. The van der Waals surface area contributed by atoms with E-state index in [2.05, 4.69) is 51.4 Å². The van der Waals surface area contributed by atoms with E-state index in [9.17, 15) is 4.79 Å². The van der Waals surface area contributed by atoms with Crippen molar-refractivity contribution in [3.8, 4) is 11.5 Å². The highest BCUT2D eigenvalue weighted by Gasteiger charge is 2.36. The Labute approximate surface area is 170 Å². The van der Waals surface area contributed by atoms with Crippen LogP contribution in [0.15, 0.2) is 18.2 Å². The molecule has 5 heterocycles. The maximum atomic E-state index is 13.2. The largest absolute Gasteiger partial charge is 0.348 e. The van der Waals surface area contributed by atoms with Crippen LogP contribution < -0.4 is 5.32 Å². The number of amides is 1. The Bertz CT molecular complexity index is 1060. The van der Waals surface area contributed by atoms with Crippen LogP contribution in [-0.2, 0) is 0 Å². The van der Waals surface area contributed by atoms with E-state index in [1.54, 1.807) is 0 Å². The molecule has 3 fully saturated rings. The van der Waals surface area contributed by atoms with Gasteiger partial charge in [0.1, 0.15) is 5.69 Å². The standard InChI is InChI=1S/C22H28N6O/c1-12(2)15-4-5-16-17(10-15)24-21(23-16)20-19(13(3)26-27-20)22(29)25-18-11-28-8-6-14(18)7-9-28/h4-5,10,12,14,18H,6-9,11H2,1-3H3,(H,23,24)(H,25,29)(H,26,27)/t18-/m1/s1. The van der Waals surface area contributed by atoms with Crippen molar-refractivity contribution in [1.82, 2.24) is 30.4 Å². The van der Waals surface area contributed by atoms with Gasteiger partial charge in [-0.25, -0.2) is 4.98 Å². The first-order chi connectivity index (χ1) is 14.0. The van der Waals surface area contributed by atoms with Gasteiger partial charge in [-0.1, -0.05) is 19.9 Å². The third-order valence-corrected chi connectivity index (χ3v) is 6.54. The highest BCUT2D eigenvalue weighted by Crippen LogP contribution is 2.29. The average molecular weight is 393 g/mol. The highest BCUT2D eigenvalue weighted by molar-refractivity contribution is 6.01. The summed E-state index contributed by atoms with van der Waals surface area (Å²) in [7, 11) is 0. The van der Waals surface area contributed by atoms with Crippen molar-refractivity contribution in [2.45, 2.75) is 45.6 Å². The zero-order valence-corrected chi connectivity index (χ0v) is 17.2. The summed E-state index contributed by atoms with van der Waals surface area (Å²) in [5, 5.41) is 10.7. The summed E-state index contributed by atoms with van der Waals surface area (Å²) in [5.74, 6) is 1.60. The number of nitrogens with one attached hydrogen (secondary N) is 3. The molecule has 3 N–H and O–H groups in total. The van der Waals surface area contributed by atoms with Gasteiger partial charge >= 0.3 is 0 Å². The van der Waals surface area contributed by atoms with E-state index < -0.39 is 0 Å². The molecule has 0 unspecified atom stereocenters. The molecule has 3 saturated heterocycles. The molecule has 1 atom stereocenters. The van der Waals surface area contributed by atoms with Crippen LogP contribution in [0, 0.1) is 12.8 Å². The number of H-pyrrole nitrogens is 2. The number of aromatic amines is 2. The van der Waals surface area contributed by atoms with Crippen LogP contribution in [-0.4, -0.2) is 56.6 Å². The molecule has 1 amide bonds. The number of fused-ring (bicyclic) bond motifs is 4. The Morgan fingerprint density at radius 2 is 2.07 bits per heavy atom. The van der Waals surface area contributed by atoms with Crippen molar-refractivity contribution < 1.29 is 4.79 Å². The smallest absolute Gasteiger partial charge is 0.255 e. The first kappa shape index (κ1) is 18.4. The summed E-state index contributed by atoms with van der Waals surface area (Å²) in [6.45, 7) is 9.50. The predicted octanol–water partition coefficient (Wildman–Crippen LogP) is 3.21. The fraction of sp³-hybridized carbons (Fsp3) is 0.500. The van der Waals surface area contributed by atoms with Crippen molar-refractivity contribution in [3.63, 3.8) is 0 Å². The summed E-state index contributed by atoms with van der Waals surface area (Å²) in [6, 6.07) is 6.48. The Balaban J connectivity index is 1.45. The van der Waals surface area contributed by atoms with Gasteiger partial charge in [0.2, 0.25) is 0 Å². The average Bonchev–Trinajstić information content (AvgIpc) is 3.31. The Hall–Kier alpha value is -2.67. The summed E-state index contributed by atoms with van der Waals surface area (Å²) in [5.41, 5.74) is 5.05. The van der Waals surface area contributed by atoms with E-state index >= 15 is 0 Å². The number of rotatable bonds is 4. The predicted molar refractivity (Wildman–Crippen MR) is 113 cm³/mol. The van der Waals surface area contributed by atoms with Crippen LogP contribution in [0.4, 0.5) is 0 Å². The SMILES string of the molecule is Cc1[nH]nc(-c2nc3ccc(C(C)C)cc3[nH]2)c1C(=O)N[C@@H]1CN2CCC1CC2. The second kappa shape index (κ2) is 6.99.